The molecule has 2 unspecified atom stereocenters. The topological polar surface area (TPSA) is 136 Å². The molecule has 1 fully saturated rings. The molecule has 4 N–H and O–H groups in total. The van der Waals surface area contributed by atoms with E-state index in [0.717, 1.165) is 4.90 Å². The highest BCUT2D eigenvalue weighted by Gasteiger charge is 2.31. The number of nitrogens with zero attached hydrogens (tertiary/aromatic N) is 1. The first-order valence-electron chi connectivity index (χ1n) is 5.10. The fraction of sp³-hybridized carbons (Fsp3) is 0.556. The molecule has 0 spiro atoms. The van der Waals surface area contributed by atoms with E-state index in [4.69, 9.17) is 5.11 Å². The maximum Gasteiger partial charge on any atom is 0.328 e. The minimum atomic E-state index is -1.50. The number of carbonyl (C=O) groups is 4. The summed E-state index contributed by atoms with van der Waals surface area (Å²) in [4.78, 5) is 45.3. The van der Waals surface area contributed by atoms with Gasteiger partial charge in [0.2, 0.25) is 11.8 Å². The Labute approximate surface area is 102 Å². The predicted molar refractivity (Wildman–Crippen MR) is 56.4 cm³/mol. The third-order valence-electron chi connectivity index (χ3n) is 2.26. The molecule has 18 heavy (non-hydrogen) atoms. The van der Waals surface area contributed by atoms with E-state index in [1.807, 2.05) is 10.6 Å². The number of carbonyl (C=O) groups excluding carboxylic acids is 3. The molecule has 0 saturated carbocycles. The smallest absolute Gasteiger partial charge is 0.328 e. The van der Waals surface area contributed by atoms with Crippen molar-refractivity contribution in [2.75, 3.05) is 13.1 Å². The van der Waals surface area contributed by atoms with Crippen LogP contribution in [0.1, 0.15) is 6.92 Å². The number of amides is 4. The van der Waals surface area contributed by atoms with Gasteiger partial charge in [-0.1, -0.05) is 0 Å². The summed E-state index contributed by atoms with van der Waals surface area (Å²) < 4.78 is 0. The van der Waals surface area contributed by atoms with E-state index in [2.05, 4.69) is 0 Å². The average molecular weight is 259 g/mol. The summed E-state index contributed by atoms with van der Waals surface area (Å²) in [6.45, 7) is 0.514. The van der Waals surface area contributed by atoms with Crippen molar-refractivity contribution in [3.63, 3.8) is 0 Å². The zero-order valence-electron chi connectivity index (χ0n) is 9.54. The van der Waals surface area contributed by atoms with Crippen LogP contribution < -0.4 is 10.6 Å². The Morgan fingerprint density at radius 1 is 1.33 bits per heavy atom. The third kappa shape index (κ3) is 3.42. The number of imide groups is 1. The van der Waals surface area contributed by atoms with E-state index >= 15 is 0 Å². The van der Waals surface area contributed by atoms with Crippen molar-refractivity contribution in [1.29, 1.82) is 0 Å². The minimum Gasteiger partial charge on any atom is -0.480 e. The van der Waals surface area contributed by atoms with Crippen molar-refractivity contribution < 1.29 is 29.4 Å². The number of rotatable bonds is 3. The largest absolute Gasteiger partial charge is 0.480 e. The molecule has 0 aromatic carbocycles. The van der Waals surface area contributed by atoms with Crippen LogP contribution in [0, 0.1) is 0 Å². The number of hydrogen-bond acceptors (Lipinski definition) is 5. The maximum atomic E-state index is 11.6. The molecule has 0 aromatic heterocycles. The number of urea groups is 1. The molecule has 1 aliphatic heterocycles. The lowest BCUT2D eigenvalue weighted by atomic mass is 10.2. The van der Waals surface area contributed by atoms with Gasteiger partial charge in [-0.2, -0.15) is 0 Å². The molecule has 0 bridgehead atoms. The molecule has 9 heteroatoms. The first kappa shape index (κ1) is 13.9. The second-order valence-electron chi connectivity index (χ2n) is 3.83. The summed E-state index contributed by atoms with van der Waals surface area (Å²) >= 11 is 0. The SMILES string of the molecule is CC(O)C(NC(=O)N1CC(=O)NC(=O)C1)C(=O)O. The Balaban J connectivity index is 2.66. The Bertz CT molecular complexity index is 378. The number of piperazine rings is 1. The summed E-state index contributed by atoms with van der Waals surface area (Å²) in [7, 11) is 0. The summed E-state index contributed by atoms with van der Waals surface area (Å²) in [6.07, 6.45) is -1.30. The van der Waals surface area contributed by atoms with Crippen LogP contribution in [0.25, 0.3) is 0 Å². The molecule has 2 atom stereocenters. The van der Waals surface area contributed by atoms with Crippen molar-refractivity contribution in [1.82, 2.24) is 15.5 Å². The highest BCUT2D eigenvalue weighted by atomic mass is 16.4. The highest BCUT2D eigenvalue weighted by molar-refractivity contribution is 6.02. The fourth-order valence-electron chi connectivity index (χ4n) is 1.39. The van der Waals surface area contributed by atoms with E-state index in [1.54, 1.807) is 0 Å². The molecule has 1 saturated heterocycles. The van der Waals surface area contributed by atoms with E-state index in [0.29, 0.717) is 0 Å². The van der Waals surface area contributed by atoms with Crippen LogP contribution in [0.15, 0.2) is 0 Å². The number of hydrogen-bond donors (Lipinski definition) is 4. The number of aliphatic carboxylic acids is 1. The number of carboxylic acid groups (broad SMARTS) is 1. The van der Waals surface area contributed by atoms with Crippen molar-refractivity contribution in [2.24, 2.45) is 0 Å². The minimum absolute atomic E-state index is 0.344. The fourth-order valence-corrected chi connectivity index (χ4v) is 1.39. The van der Waals surface area contributed by atoms with Gasteiger partial charge in [-0.15, -0.1) is 0 Å². The zero-order valence-corrected chi connectivity index (χ0v) is 9.54. The molecule has 1 heterocycles. The van der Waals surface area contributed by atoms with Crippen LogP contribution in [-0.2, 0) is 14.4 Å². The Kier molecular flexibility index (Phi) is 4.21. The quantitative estimate of drug-likeness (QED) is 0.413. The molecule has 4 amide bonds. The van der Waals surface area contributed by atoms with Gasteiger partial charge in [0.25, 0.3) is 0 Å². The van der Waals surface area contributed by atoms with E-state index in [1.165, 1.54) is 6.92 Å². The molecule has 100 valence electrons. The Morgan fingerprint density at radius 3 is 2.22 bits per heavy atom. The highest BCUT2D eigenvalue weighted by Crippen LogP contribution is 1.99. The second kappa shape index (κ2) is 5.45. The van der Waals surface area contributed by atoms with E-state index in [9.17, 15) is 24.3 Å². The van der Waals surface area contributed by atoms with Crippen molar-refractivity contribution in [3.8, 4) is 0 Å². The van der Waals surface area contributed by atoms with Gasteiger partial charge in [0.05, 0.1) is 6.10 Å². The molecule has 9 nitrogen and oxygen atoms in total. The summed E-state index contributed by atoms with van der Waals surface area (Å²) in [5.74, 6) is -2.71. The first-order chi connectivity index (χ1) is 8.31. The standard InChI is InChI=1S/C9H13N3O6/c1-4(13)7(8(16)17)11-9(18)12-2-5(14)10-6(15)3-12/h4,7,13H,2-3H2,1H3,(H,11,18)(H,16,17)(H,10,14,15). The summed E-state index contributed by atoms with van der Waals surface area (Å²) in [6, 6.07) is -2.40. The van der Waals surface area contributed by atoms with Gasteiger partial charge in [0.15, 0.2) is 6.04 Å². The number of nitrogens with one attached hydrogen (secondary N) is 2. The predicted octanol–water partition coefficient (Wildman–Crippen LogP) is -2.51. The summed E-state index contributed by atoms with van der Waals surface area (Å²) in [5, 5.41) is 22.0. The molecule has 1 rings (SSSR count). The molecular formula is C9H13N3O6. The van der Waals surface area contributed by atoms with Crippen molar-refractivity contribution in [3.05, 3.63) is 0 Å². The van der Waals surface area contributed by atoms with Gasteiger partial charge in [0.1, 0.15) is 13.1 Å². The Morgan fingerprint density at radius 2 is 1.83 bits per heavy atom. The number of aliphatic hydroxyl groups is 1. The number of carboxylic acids is 1. The summed E-state index contributed by atoms with van der Waals surface area (Å²) in [5.41, 5.74) is 0. The third-order valence-corrected chi connectivity index (χ3v) is 2.26. The van der Waals surface area contributed by atoms with Gasteiger partial charge in [-0.3, -0.25) is 14.9 Å². The van der Waals surface area contributed by atoms with Crippen LogP contribution in [0.3, 0.4) is 0 Å². The maximum absolute atomic E-state index is 11.6. The first-order valence-corrected chi connectivity index (χ1v) is 5.10. The van der Waals surface area contributed by atoms with Crippen LogP contribution >= 0.6 is 0 Å². The van der Waals surface area contributed by atoms with E-state index < -0.39 is 36.0 Å². The second-order valence-corrected chi connectivity index (χ2v) is 3.83. The number of aliphatic hydroxyl groups excluding tert-OH is 1. The van der Waals surface area contributed by atoms with E-state index in [-0.39, 0.29) is 13.1 Å². The molecule has 0 aliphatic carbocycles. The van der Waals surface area contributed by atoms with Crippen molar-refractivity contribution in [2.45, 2.75) is 19.1 Å². The molecule has 1 aliphatic rings. The van der Waals surface area contributed by atoms with Gasteiger partial charge in [-0.05, 0) is 6.92 Å². The van der Waals surface area contributed by atoms with Gasteiger partial charge < -0.3 is 20.4 Å². The lowest BCUT2D eigenvalue weighted by molar-refractivity contribution is -0.141. The normalized spacial score (nSPS) is 18.9. The van der Waals surface area contributed by atoms with Gasteiger partial charge >= 0.3 is 12.0 Å². The monoisotopic (exact) mass is 259 g/mol. The lowest BCUT2D eigenvalue weighted by Gasteiger charge is -2.27. The van der Waals surface area contributed by atoms with Crippen LogP contribution in [0.2, 0.25) is 0 Å². The molecular weight excluding hydrogens is 246 g/mol. The lowest BCUT2D eigenvalue weighted by Crippen LogP contribution is -2.59. The van der Waals surface area contributed by atoms with Crippen LogP contribution in [0.4, 0.5) is 4.79 Å². The molecule has 0 radical (unpaired) electrons. The Hall–Kier alpha value is -2.16. The van der Waals surface area contributed by atoms with Crippen molar-refractivity contribution >= 4 is 23.8 Å². The molecule has 0 aromatic rings. The van der Waals surface area contributed by atoms with Crippen LogP contribution in [-0.4, -0.2) is 64.2 Å². The average Bonchev–Trinajstić information content (AvgIpc) is 2.23. The van der Waals surface area contributed by atoms with Crippen LogP contribution in [0.5, 0.6) is 0 Å². The van der Waals surface area contributed by atoms with Gasteiger partial charge in [-0.25, -0.2) is 9.59 Å². The zero-order chi connectivity index (χ0) is 13.9. The van der Waals surface area contributed by atoms with Gasteiger partial charge in [0, 0.05) is 0 Å².